The zero-order valence-corrected chi connectivity index (χ0v) is 12.9. The highest BCUT2D eigenvalue weighted by atomic mass is 32.2. The molecule has 0 aliphatic carbocycles. The highest BCUT2D eigenvalue weighted by molar-refractivity contribution is 7.91. The summed E-state index contributed by atoms with van der Waals surface area (Å²) in [6, 6.07) is 7.85. The molecule has 3 rings (SSSR count). The third-order valence-electron chi connectivity index (χ3n) is 4.41. The first-order valence-corrected chi connectivity index (χ1v) is 9.08. The van der Waals surface area contributed by atoms with Gasteiger partial charge in [-0.15, -0.1) is 0 Å². The number of nitrogens with zero attached hydrogens (tertiary/aromatic N) is 1. The van der Waals surface area contributed by atoms with E-state index in [0.717, 1.165) is 17.7 Å². The van der Waals surface area contributed by atoms with Crippen LogP contribution in [0.25, 0.3) is 0 Å². The van der Waals surface area contributed by atoms with Crippen molar-refractivity contribution in [2.75, 3.05) is 30.0 Å². The van der Waals surface area contributed by atoms with Gasteiger partial charge in [0.15, 0.2) is 9.84 Å². The van der Waals surface area contributed by atoms with Gasteiger partial charge >= 0.3 is 0 Å². The summed E-state index contributed by atoms with van der Waals surface area (Å²) in [5, 5.41) is 3.40. The molecule has 1 fully saturated rings. The average molecular weight is 308 g/mol. The molecule has 2 aliphatic heterocycles. The van der Waals surface area contributed by atoms with E-state index in [0.29, 0.717) is 18.7 Å². The number of amides is 1. The van der Waals surface area contributed by atoms with Gasteiger partial charge in [-0.05, 0) is 30.5 Å². The van der Waals surface area contributed by atoms with Crippen molar-refractivity contribution in [2.45, 2.75) is 18.9 Å². The fraction of sp³-hybridized carbons (Fsp3) is 0.533. The lowest BCUT2D eigenvalue weighted by Gasteiger charge is -2.32. The summed E-state index contributed by atoms with van der Waals surface area (Å²) in [5.74, 6) is 0.812. The van der Waals surface area contributed by atoms with Crippen molar-refractivity contribution in [1.29, 1.82) is 0 Å². The van der Waals surface area contributed by atoms with Crippen LogP contribution in [0.15, 0.2) is 24.3 Å². The van der Waals surface area contributed by atoms with Crippen LogP contribution < -0.4 is 10.2 Å². The van der Waals surface area contributed by atoms with Crippen LogP contribution in [-0.4, -0.2) is 39.4 Å². The Morgan fingerprint density at radius 3 is 2.81 bits per heavy atom. The molecule has 5 nitrogen and oxygen atoms in total. The first-order chi connectivity index (χ1) is 9.96. The van der Waals surface area contributed by atoms with Crippen LogP contribution in [0.2, 0.25) is 0 Å². The van der Waals surface area contributed by atoms with E-state index in [2.05, 4.69) is 5.32 Å². The first kappa shape index (κ1) is 14.5. The molecular formula is C15H20N2O3S. The first-order valence-electron chi connectivity index (χ1n) is 7.25. The Bertz CT molecular complexity index is 657. The highest BCUT2D eigenvalue weighted by Gasteiger charge is 2.31. The number of fused-ring (bicyclic) bond motifs is 1. The molecule has 0 bridgehead atoms. The van der Waals surface area contributed by atoms with Crippen LogP contribution >= 0.6 is 0 Å². The van der Waals surface area contributed by atoms with Gasteiger partial charge in [-0.2, -0.15) is 0 Å². The Morgan fingerprint density at radius 1 is 1.33 bits per heavy atom. The van der Waals surface area contributed by atoms with Crippen molar-refractivity contribution in [2.24, 2.45) is 5.92 Å². The van der Waals surface area contributed by atoms with Crippen LogP contribution in [0, 0.1) is 5.92 Å². The van der Waals surface area contributed by atoms with Gasteiger partial charge < -0.3 is 10.2 Å². The van der Waals surface area contributed by atoms with Crippen molar-refractivity contribution < 1.29 is 13.2 Å². The molecule has 0 spiro atoms. The fourth-order valence-corrected chi connectivity index (χ4v) is 5.03. The average Bonchev–Trinajstić information content (AvgIpc) is 2.81. The molecule has 0 saturated carbocycles. The second kappa shape index (κ2) is 5.42. The van der Waals surface area contributed by atoms with Gasteiger partial charge in [-0.25, -0.2) is 8.42 Å². The zero-order chi connectivity index (χ0) is 15.0. The molecular weight excluding hydrogens is 288 g/mol. The predicted molar refractivity (Wildman–Crippen MR) is 82.0 cm³/mol. The van der Waals surface area contributed by atoms with E-state index in [1.54, 1.807) is 11.9 Å². The second-order valence-corrected chi connectivity index (χ2v) is 8.17. The molecule has 1 amide bonds. The third kappa shape index (κ3) is 2.96. The van der Waals surface area contributed by atoms with Crippen molar-refractivity contribution in [3.05, 3.63) is 29.8 Å². The number of hydrogen-bond acceptors (Lipinski definition) is 4. The van der Waals surface area contributed by atoms with Crippen molar-refractivity contribution in [1.82, 2.24) is 5.32 Å². The van der Waals surface area contributed by atoms with Gasteiger partial charge in [0, 0.05) is 25.2 Å². The van der Waals surface area contributed by atoms with Gasteiger partial charge in [0.1, 0.15) is 0 Å². The second-order valence-electron chi connectivity index (χ2n) is 5.95. The molecule has 1 N–H and O–H groups in total. The predicted octanol–water partition coefficient (Wildman–Crippen LogP) is 1.12. The number of hydrogen-bond donors (Lipinski definition) is 1. The van der Waals surface area contributed by atoms with Crippen molar-refractivity contribution in [3.8, 4) is 0 Å². The van der Waals surface area contributed by atoms with Gasteiger partial charge in [0.05, 0.1) is 11.5 Å². The van der Waals surface area contributed by atoms with Crippen molar-refractivity contribution >= 4 is 21.4 Å². The quantitative estimate of drug-likeness (QED) is 0.908. The molecule has 2 aliphatic rings. The summed E-state index contributed by atoms with van der Waals surface area (Å²) in [5.41, 5.74) is 2.05. The number of nitrogens with one attached hydrogen (secondary N) is 1. The van der Waals surface area contributed by atoms with E-state index >= 15 is 0 Å². The summed E-state index contributed by atoms with van der Waals surface area (Å²) in [7, 11) is -1.05. The molecule has 1 aromatic rings. The number of anilines is 1. The number of sulfone groups is 1. The Hall–Kier alpha value is -1.40. The molecule has 1 saturated heterocycles. The fourth-order valence-electron chi connectivity index (χ4n) is 3.17. The molecule has 114 valence electrons. The molecule has 2 heterocycles. The Morgan fingerprint density at radius 2 is 2.10 bits per heavy atom. The van der Waals surface area contributed by atoms with E-state index in [-0.39, 0.29) is 23.6 Å². The van der Waals surface area contributed by atoms with Crippen LogP contribution in [0.5, 0.6) is 0 Å². The molecule has 1 aromatic carbocycles. The molecule has 2 unspecified atom stereocenters. The Kier molecular flexibility index (Phi) is 3.75. The van der Waals surface area contributed by atoms with Gasteiger partial charge in [0.25, 0.3) is 0 Å². The van der Waals surface area contributed by atoms with E-state index in [4.69, 9.17) is 0 Å². The summed E-state index contributed by atoms with van der Waals surface area (Å²) < 4.78 is 23.0. The maximum absolute atomic E-state index is 12.1. The minimum Gasteiger partial charge on any atom is -0.315 e. The number of para-hydroxylation sites is 1. The third-order valence-corrected chi connectivity index (χ3v) is 6.24. The normalized spacial score (nSPS) is 27.7. The maximum atomic E-state index is 12.1. The standard InChI is InChI=1S/C15H20N2O3S/c1-17-14-5-3-2-4-12(14)13(8-15(17)18)16-9-11-6-7-21(19,20)10-11/h2-5,11,13,16H,6-10H2,1H3. The largest absolute Gasteiger partial charge is 0.315 e. The number of carbonyl (C=O) groups excluding carboxylic acids is 1. The Balaban J connectivity index is 1.72. The van der Waals surface area contributed by atoms with Crippen LogP contribution in [0.1, 0.15) is 24.4 Å². The minimum atomic E-state index is -2.84. The van der Waals surface area contributed by atoms with Gasteiger partial charge in [0.2, 0.25) is 5.91 Å². The lowest BCUT2D eigenvalue weighted by molar-refractivity contribution is -0.119. The number of carbonyl (C=O) groups is 1. The minimum absolute atomic E-state index is 0.0202. The number of rotatable bonds is 3. The summed E-state index contributed by atoms with van der Waals surface area (Å²) in [6.45, 7) is 0.648. The monoisotopic (exact) mass is 308 g/mol. The van der Waals surface area contributed by atoms with E-state index in [1.165, 1.54) is 0 Å². The van der Waals surface area contributed by atoms with E-state index < -0.39 is 9.84 Å². The summed E-state index contributed by atoms with van der Waals surface area (Å²) >= 11 is 0. The molecule has 21 heavy (non-hydrogen) atoms. The van der Waals surface area contributed by atoms with E-state index in [9.17, 15) is 13.2 Å². The van der Waals surface area contributed by atoms with Crippen molar-refractivity contribution in [3.63, 3.8) is 0 Å². The van der Waals surface area contributed by atoms with Gasteiger partial charge in [-0.1, -0.05) is 18.2 Å². The zero-order valence-electron chi connectivity index (χ0n) is 12.1. The molecule has 0 radical (unpaired) electrons. The van der Waals surface area contributed by atoms with Crippen LogP contribution in [0.3, 0.4) is 0 Å². The molecule has 0 aromatic heterocycles. The topological polar surface area (TPSA) is 66.5 Å². The smallest absolute Gasteiger partial charge is 0.228 e. The maximum Gasteiger partial charge on any atom is 0.228 e. The lowest BCUT2D eigenvalue weighted by Crippen LogP contribution is -2.39. The SMILES string of the molecule is CN1C(=O)CC(NCC2CCS(=O)(=O)C2)c2ccccc21. The molecule has 6 heteroatoms. The lowest BCUT2D eigenvalue weighted by atomic mass is 9.95. The number of benzene rings is 1. The molecule has 2 atom stereocenters. The van der Waals surface area contributed by atoms with E-state index in [1.807, 2.05) is 24.3 Å². The Labute approximate surface area is 125 Å². The van der Waals surface area contributed by atoms with Crippen LogP contribution in [0.4, 0.5) is 5.69 Å². The summed E-state index contributed by atoms with van der Waals surface area (Å²) in [6.07, 6.45) is 1.14. The van der Waals surface area contributed by atoms with Crippen LogP contribution in [-0.2, 0) is 14.6 Å². The summed E-state index contributed by atoms with van der Waals surface area (Å²) in [4.78, 5) is 13.7. The highest BCUT2D eigenvalue weighted by Crippen LogP contribution is 2.33. The van der Waals surface area contributed by atoms with Gasteiger partial charge in [-0.3, -0.25) is 4.79 Å².